The van der Waals surface area contributed by atoms with Gasteiger partial charge in [0.2, 0.25) is 0 Å². The summed E-state index contributed by atoms with van der Waals surface area (Å²) in [6, 6.07) is 0. The van der Waals surface area contributed by atoms with Gasteiger partial charge in [-0.1, -0.05) is 53.7 Å². The normalized spacial score (nSPS) is 14.1. The summed E-state index contributed by atoms with van der Waals surface area (Å²) in [6.07, 6.45) is -0.201. The van der Waals surface area contributed by atoms with Crippen molar-refractivity contribution in [3.8, 4) is 0 Å². The lowest BCUT2D eigenvalue weighted by atomic mass is 9.89. The molecule has 0 spiro atoms. The highest BCUT2D eigenvalue weighted by atomic mass is 16.3. The molecule has 1 N–H and O–H groups in total. The fourth-order valence-electron chi connectivity index (χ4n) is 0. The quantitative estimate of drug-likeness (QED) is 0.585. The van der Waals surface area contributed by atoms with E-state index in [0.29, 0.717) is 5.41 Å². The molecule has 0 aromatic heterocycles. The Hall–Kier alpha value is -0.300. The fourth-order valence-corrected chi connectivity index (χ4v) is 0. The first-order valence-corrected chi connectivity index (χ1v) is 5.23. The average Bonchev–Trinajstić information content (AvgIpc) is 1.83. The van der Waals surface area contributed by atoms with Gasteiger partial charge >= 0.3 is 0 Å². The lowest BCUT2D eigenvalue weighted by Crippen LogP contribution is -2.21. The SMILES string of the molecule is C=C(C)C(C)(C)C.CC(O)C(C)(C)C. The second-order valence-electron chi connectivity index (χ2n) is 6.07. The monoisotopic (exact) mass is 200 g/mol. The number of allylic oxidation sites excluding steroid dienone is 1. The molecule has 0 aliphatic carbocycles. The number of aliphatic hydroxyl groups is 1. The van der Waals surface area contributed by atoms with E-state index in [9.17, 15) is 0 Å². The van der Waals surface area contributed by atoms with Crippen molar-refractivity contribution < 1.29 is 5.11 Å². The highest BCUT2D eigenvalue weighted by Gasteiger charge is 2.15. The maximum absolute atomic E-state index is 8.89. The summed E-state index contributed by atoms with van der Waals surface area (Å²) in [4.78, 5) is 0. The molecule has 0 radical (unpaired) electrons. The van der Waals surface area contributed by atoms with Gasteiger partial charge in [-0.05, 0) is 24.7 Å². The van der Waals surface area contributed by atoms with Crippen molar-refractivity contribution in [2.75, 3.05) is 0 Å². The maximum atomic E-state index is 8.89. The van der Waals surface area contributed by atoms with Crippen LogP contribution in [0.3, 0.4) is 0 Å². The van der Waals surface area contributed by atoms with Gasteiger partial charge in [0, 0.05) is 0 Å². The van der Waals surface area contributed by atoms with Gasteiger partial charge in [-0.2, -0.15) is 0 Å². The van der Waals surface area contributed by atoms with Crippen molar-refractivity contribution in [2.24, 2.45) is 10.8 Å². The molecule has 0 aromatic rings. The third-order valence-corrected chi connectivity index (χ3v) is 2.53. The molecule has 1 atom stereocenters. The molecule has 1 unspecified atom stereocenters. The van der Waals surface area contributed by atoms with E-state index >= 15 is 0 Å². The molecule has 0 aromatic carbocycles. The standard InChI is InChI=1S/C7H14.C6H14O/c1-6(2)7(3,4)5;1-5(7)6(2,3)4/h1H2,2-5H3;5,7H,1-4H3. The molecule has 0 amide bonds. The van der Waals surface area contributed by atoms with E-state index in [1.807, 2.05) is 20.8 Å². The van der Waals surface area contributed by atoms with Crippen LogP contribution in [0.1, 0.15) is 55.4 Å². The van der Waals surface area contributed by atoms with E-state index in [2.05, 4.69) is 34.3 Å². The summed E-state index contributed by atoms with van der Waals surface area (Å²) < 4.78 is 0. The van der Waals surface area contributed by atoms with Crippen LogP contribution in [0.4, 0.5) is 0 Å². The van der Waals surface area contributed by atoms with Crippen LogP contribution in [0, 0.1) is 10.8 Å². The van der Waals surface area contributed by atoms with Crippen molar-refractivity contribution in [3.63, 3.8) is 0 Å². The largest absolute Gasteiger partial charge is 0.393 e. The molecule has 0 saturated heterocycles. The van der Waals surface area contributed by atoms with E-state index in [1.54, 1.807) is 6.92 Å². The van der Waals surface area contributed by atoms with Crippen LogP contribution in [-0.2, 0) is 0 Å². The maximum Gasteiger partial charge on any atom is 0.0560 e. The van der Waals surface area contributed by atoms with E-state index in [0.717, 1.165) is 0 Å². The van der Waals surface area contributed by atoms with Crippen LogP contribution in [0.5, 0.6) is 0 Å². The third kappa shape index (κ3) is 9.79. The molecule has 0 aliphatic heterocycles. The molecule has 0 fully saturated rings. The summed E-state index contributed by atoms with van der Waals surface area (Å²) in [5.74, 6) is 0. The second-order valence-corrected chi connectivity index (χ2v) is 6.07. The molecule has 1 heteroatoms. The molecule has 0 heterocycles. The molecule has 0 rings (SSSR count). The number of hydrogen-bond donors (Lipinski definition) is 1. The summed E-state index contributed by atoms with van der Waals surface area (Å²) >= 11 is 0. The summed E-state index contributed by atoms with van der Waals surface area (Å²) in [5, 5.41) is 8.89. The molecule has 1 nitrogen and oxygen atoms in total. The zero-order valence-electron chi connectivity index (χ0n) is 11.2. The number of rotatable bonds is 0. The summed E-state index contributed by atoms with van der Waals surface area (Å²) in [5.41, 5.74) is 1.60. The molecule has 0 saturated carbocycles. The zero-order valence-corrected chi connectivity index (χ0v) is 11.2. The Morgan fingerprint density at radius 2 is 1.21 bits per heavy atom. The predicted octanol–water partition coefficient (Wildman–Crippen LogP) is 4.02. The van der Waals surface area contributed by atoms with E-state index in [4.69, 9.17) is 5.11 Å². The van der Waals surface area contributed by atoms with E-state index in [1.165, 1.54) is 5.57 Å². The first-order chi connectivity index (χ1) is 5.89. The molecular formula is C13H28O. The average molecular weight is 200 g/mol. The van der Waals surface area contributed by atoms with Crippen LogP contribution in [0.15, 0.2) is 12.2 Å². The molecular weight excluding hydrogens is 172 g/mol. The fraction of sp³-hybridized carbons (Fsp3) is 0.846. The summed E-state index contributed by atoms with van der Waals surface area (Å²) in [6.45, 7) is 20.2. The highest BCUT2D eigenvalue weighted by molar-refractivity contribution is 4.99. The van der Waals surface area contributed by atoms with Gasteiger partial charge in [0.1, 0.15) is 0 Å². The van der Waals surface area contributed by atoms with Crippen LogP contribution >= 0.6 is 0 Å². The first-order valence-electron chi connectivity index (χ1n) is 5.23. The topological polar surface area (TPSA) is 20.2 Å². The van der Waals surface area contributed by atoms with Gasteiger partial charge < -0.3 is 5.11 Å². The molecule has 0 bridgehead atoms. The molecule has 86 valence electrons. The van der Waals surface area contributed by atoms with Gasteiger partial charge in [0.15, 0.2) is 0 Å². The van der Waals surface area contributed by atoms with Crippen molar-refractivity contribution in [1.29, 1.82) is 0 Å². The zero-order chi connectivity index (χ0) is 12.2. The predicted molar refractivity (Wildman–Crippen MR) is 65.4 cm³/mol. The van der Waals surface area contributed by atoms with Gasteiger partial charge in [0.25, 0.3) is 0 Å². The highest BCUT2D eigenvalue weighted by Crippen LogP contribution is 2.21. The van der Waals surface area contributed by atoms with E-state index in [-0.39, 0.29) is 11.5 Å². The number of hydrogen-bond acceptors (Lipinski definition) is 1. The van der Waals surface area contributed by atoms with Crippen LogP contribution in [0.2, 0.25) is 0 Å². The number of aliphatic hydroxyl groups excluding tert-OH is 1. The van der Waals surface area contributed by atoms with Crippen molar-refractivity contribution in [3.05, 3.63) is 12.2 Å². The minimum absolute atomic E-state index is 0.0556. The Morgan fingerprint density at radius 3 is 1.21 bits per heavy atom. The van der Waals surface area contributed by atoms with Gasteiger partial charge in [-0.25, -0.2) is 0 Å². The van der Waals surface area contributed by atoms with Gasteiger partial charge in [0.05, 0.1) is 6.10 Å². The van der Waals surface area contributed by atoms with Crippen molar-refractivity contribution in [2.45, 2.75) is 61.5 Å². The van der Waals surface area contributed by atoms with Crippen LogP contribution < -0.4 is 0 Å². The molecule has 0 aliphatic rings. The Bertz CT molecular complexity index is 165. The lowest BCUT2D eigenvalue weighted by Gasteiger charge is -2.21. The Kier molecular flexibility index (Phi) is 6.40. The Morgan fingerprint density at radius 1 is 1.07 bits per heavy atom. The summed E-state index contributed by atoms with van der Waals surface area (Å²) in [7, 11) is 0. The first kappa shape index (κ1) is 16.1. The lowest BCUT2D eigenvalue weighted by molar-refractivity contribution is 0.0801. The van der Waals surface area contributed by atoms with E-state index < -0.39 is 0 Å². The van der Waals surface area contributed by atoms with Crippen LogP contribution in [0.25, 0.3) is 0 Å². The third-order valence-electron chi connectivity index (χ3n) is 2.53. The Labute approximate surface area is 90.2 Å². The second kappa shape index (κ2) is 5.55. The minimum atomic E-state index is -0.201. The minimum Gasteiger partial charge on any atom is -0.393 e. The van der Waals surface area contributed by atoms with Gasteiger partial charge in [-0.15, -0.1) is 0 Å². The van der Waals surface area contributed by atoms with Crippen molar-refractivity contribution >= 4 is 0 Å². The van der Waals surface area contributed by atoms with Gasteiger partial charge in [-0.3, -0.25) is 0 Å². The Balaban J connectivity index is 0. The molecule has 14 heavy (non-hydrogen) atoms. The van der Waals surface area contributed by atoms with Crippen molar-refractivity contribution in [1.82, 2.24) is 0 Å². The smallest absolute Gasteiger partial charge is 0.0560 e. The van der Waals surface area contributed by atoms with Crippen LogP contribution in [-0.4, -0.2) is 11.2 Å².